The Morgan fingerprint density at radius 2 is 0.729 bits per heavy atom. The summed E-state index contributed by atoms with van der Waals surface area (Å²) in [5, 5.41) is 76.6. The number of allylic oxidation sites excluding steroid dienone is 6. The number of hydrogen-bond acceptors (Lipinski definition) is 10. The second-order valence-corrected chi connectivity index (χ2v) is 26.0. The molecule has 11 heteroatoms. The Labute approximate surface area is 524 Å². The second-order valence-electron chi connectivity index (χ2n) is 26.0. The van der Waals surface area contributed by atoms with Crippen molar-refractivity contribution in [1.82, 2.24) is 5.32 Å². The Balaban J connectivity index is 2.19. The zero-order valence-electron chi connectivity index (χ0n) is 55.6. The third-order valence-corrected chi connectivity index (χ3v) is 17.9. The highest BCUT2D eigenvalue weighted by molar-refractivity contribution is 5.80. The van der Waals surface area contributed by atoms with Gasteiger partial charge in [0.25, 0.3) is 0 Å². The molecule has 0 aromatic heterocycles. The van der Waals surface area contributed by atoms with Crippen LogP contribution >= 0.6 is 0 Å². The topological polar surface area (TPSA) is 189 Å². The lowest BCUT2D eigenvalue weighted by atomic mass is 9.98. The van der Waals surface area contributed by atoms with Crippen molar-refractivity contribution in [3.63, 3.8) is 0 Å². The van der Waals surface area contributed by atoms with Crippen LogP contribution in [0.25, 0.3) is 0 Å². The van der Waals surface area contributed by atoms with E-state index in [4.69, 9.17) is 9.47 Å². The van der Waals surface area contributed by atoms with E-state index < -0.39 is 74.2 Å². The number of aliphatic hydroxyl groups is 7. The summed E-state index contributed by atoms with van der Waals surface area (Å²) in [6.07, 6.45) is 69.5. The number of hydrogen-bond donors (Lipinski definition) is 8. The van der Waals surface area contributed by atoms with Gasteiger partial charge >= 0.3 is 0 Å². The van der Waals surface area contributed by atoms with Gasteiger partial charge in [-0.25, -0.2) is 0 Å². The molecule has 1 fully saturated rings. The number of carbonyl (C=O) groups excluding carboxylic acids is 1. The summed E-state index contributed by atoms with van der Waals surface area (Å²) in [5.74, 6) is -0.701. The van der Waals surface area contributed by atoms with Crippen LogP contribution in [-0.4, -0.2) is 110 Å². The van der Waals surface area contributed by atoms with Crippen LogP contribution in [0.4, 0.5) is 0 Å². The summed E-state index contributed by atoms with van der Waals surface area (Å²) < 4.78 is 11.2. The van der Waals surface area contributed by atoms with Crippen LogP contribution < -0.4 is 5.32 Å². The van der Waals surface area contributed by atoms with Gasteiger partial charge in [0.15, 0.2) is 6.29 Å². The molecule has 1 amide bonds. The molecule has 1 aliphatic rings. The molecule has 1 heterocycles. The Kier molecular flexibility index (Phi) is 59.8. The van der Waals surface area contributed by atoms with Gasteiger partial charge in [0.05, 0.1) is 25.4 Å². The standard InChI is InChI=1S/C74H141NO10/c1-3-5-7-9-11-13-15-17-19-21-23-25-27-29-31-32-33-34-35-36-38-40-42-44-46-48-50-52-54-56-58-60-62-67(78)73(83)75-65(64-84-74-72(82)71(81)70(80)68(63-76)85-74)69(79)66(77)61-59-57-55-53-51-49-47-45-43-41-39-37-30-28-26-24-22-20-18-16-14-12-10-8-6-4-2/h23,25,29,31,53,55,65-72,74,76-82H,3-22,24,26-28,30,32-52,54,56-64H2,1-2H3,(H,75,83)/b25-23-,31-29-,55-53+. The molecule has 11 nitrogen and oxygen atoms in total. The summed E-state index contributed by atoms with van der Waals surface area (Å²) in [6, 6.07) is -1.19. The first-order valence-corrected chi connectivity index (χ1v) is 36.9. The molecule has 0 bridgehead atoms. The van der Waals surface area contributed by atoms with Crippen molar-refractivity contribution in [2.24, 2.45) is 0 Å². The lowest BCUT2D eigenvalue weighted by molar-refractivity contribution is -0.303. The molecule has 0 aromatic carbocycles. The van der Waals surface area contributed by atoms with Gasteiger partial charge in [-0.3, -0.25) is 4.79 Å². The van der Waals surface area contributed by atoms with E-state index in [1.165, 1.54) is 276 Å². The first-order valence-electron chi connectivity index (χ1n) is 36.9. The summed E-state index contributed by atoms with van der Waals surface area (Å²) in [4.78, 5) is 13.3. The van der Waals surface area contributed by atoms with E-state index in [-0.39, 0.29) is 12.8 Å². The maximum absolute atomic E-state index is 13.3. The average Bonchev–Trinajstić information content (AvgIpc) is 3.51. The minimum Gasteiger partial charge on any atom is -0.394 e. The zero-order valence-corrected chi connectivity index (χ0v) is 55.6. The number of rotatable bonds is 65. The minimum absolute atomic E-state index is 0.256. The monoisotopic (exact) mass is 1200 g/mol. The summed E-state index contributed by atoms with van der Waals surface area (Å²) in [7, 11) is 0. The van der Waals surface area contributed by atoms with Gasteiger partial charge in [-0.1, -0.05) is 326 Å². The molecule has 9 unspecified atom stereocenters. The molecule has 502 valence electrons. The fraction of sp³-hybridized carbons (Fsp3) is 0.905. The molecule has 0 aliphatic carbocycles. The predicted octanol–water partition coefficient (Wildman–Crippen LogP) is 18.1. The normalized spacial score (nSPS) is 19.0. The van der Waals surface area contributed by atoms with Crippen molar-refractivity contribution in [2.75, 3.05) is 13.2 Å². The maximum atomic E-state index is 13.3. The number of ether oxygens (including phenoxy) is 2. The van der Waals surface area contributed by atoms with E-state index in [9.17, 15) is 40.5 Å². The molecule has 85 heavy (non-hydrogen) atoms. The molecule has 1 saturated heterocycles. The third kappa shape index (κ3) is 49.8. The van der Waals surface area contributed by atoms with Gasteiger partial charge in [-0.2, -0.15) is 0 Å². The van der Waals surface area contributed by atoms with Gasteiger partial charge in [0.1, 0.15) is 36.6 Å². The van der Waals surface area contributed by atoms with E-state index in [1.807, 2.05) is 0 Å². The summed E-state index contributed by atoms with van der Waals surface area (Å²) in [6.45, 7) is 3.50. The molecule has 8 N–H and O–H groups in total. The van der Waals surface area contributed by atoms with Crippen molar-refractivity contribution >= 4 is 5.91 Å². The fourth-order valence-electron chi connectivity index (χ4n) is 12.0. The van der Waals surface area contributed by atoms with E-state index in [0.29, 0.717) is 12.8 Å². The number of amides is 1. The zero-order chi connectivity index (χ0) is 61.7. The van der Waals surface area contributed by atoms with E-state index >= 15 is 0 Å². The Morgan fingerprint density at radius 3 is 1.08 bits per heavy atom. The third-order valence-electron chi connectivity index (χ3n) is 17.9. The predicted molar refractivity (Wildman–Crippen MR) is 358 cm³/mol. The highest BCUT2D eigenvalue weighted by atomic mass is 16.7. The lowest BCUT2D eigenvalue weighted by Gasteiger charge is -2.40. The molecule has 0 aromatic rings. The van der Waals surface area contributed by atoms with Crippen LogP contribution in [0.3, 0.4) is 0 Å². The lowest BCUT2D eigenvalue weighted by Crippen LogP contribution is -2.60. The van der Waals surface area contributed by atoms with Crippen LogP contribution in [0.2, 0.25) is 0 Å². The van der Waals surface area contributed by atoms with Crippen molar-refractivity contribution < 1.29 is 50.0 Å². The number of aliphatic hydroxyl groups excluding tert-OH is 7. The van der Waals surface area contributed by atoms with Crippen LogP contribution in [-0.2, 0) is 14.3 Å². The van der Waals surface area contributed by atoms with Crippen molar-refractivity contribution in [1.29, 1.82) is 0 Å². The minimum atomic E-state index is -1.67. The Morgan fingerprint density at radius 1 is 0.412 bits per heavy atom. The van der Waals surface area contributed by atoms with Crippen LogP contribution in [0.1, 0.15) is 361 Å². The van der Waals surface area contributed by atoms with E-state index in [1.54, 1.807) is 0 Å². The van der Waals surface area contributed by atoms with Crippen LogP contribution in [0, 0.1) is 0 Å². The largest absolute Gasteiger partial charge is 0.394 e. The molecule has 1 aliphatic heterocycles. The molecule has 1 rings (SSSR count). The molecule has 0 radical (unpaired) electrons. The Hall–Kier alpha value is -1.67. The van der Waals surface area contributed by atoms with Gasteiger partial charge in [-0.15, -0.1) is 0 Å². The highest BCUT2D eigenvalue weighted by Crippen LogP contribution is 2.24. The van der Waals surface area contributed by atoms with Gasteiger partial charge in [0, 0.05) is 0 Å². The van der Waals surface area contributed by atoms with Crippen molar-refractivity contribution in [3.05, 3.63) is 36.5 Å². The Bertz CT molecular complexity index is 1480. The van der Waals surface area contributed by atoms with Crippen LogP contribution in [0.15, 0.2) is 36.5 Å². The maximum Gasteiger partial charge on any atom is 0.249 e. The fourth-order valence-corrected chi connectivity index (χ4v) is 12.0. The second kappa shape index (κ2) is 62.5. The number of nitrogens with one attached hydrogen (secondary N) is 1. The van der Waals surface area contributed by atoms with Gasteiger partial charge in [0.2, 0.25) is 5.91 Å². The molecule has 0 saturated carbocycles. The first kappa shape index (κ1) is 81.3. The highest BCUT2D eigenvalue weighted by Gasteiger charge is 2.44. The smallest absolute Gasteiger partial charge is 0.249 e. The van der Waals surface area contributed by atoms with E-state index in [2.05, 4.69) is 55.6 Å². The van der Waals surface area contributed by atoms with Gasteiger partial charge in [-0.05, 0) is 70.6 Å². The first-order chi connectivity index (χ1) is 41.7. The SMILES string of the molecule is CCCCCCCCCCC/C=C\C/C=C\CCCCCCCCCCCCCCCCCCC(O)C(=O)NC(COC1OC(CO)C(O)C(O)C1O)C(O)C(O)CCC/C=C/CCCCCCCCCCCCCCCCCCCCCCC. The van der Waals surface area contributed by atoms with Crippen molar-refractivity contribution in [3.8, 4) is 0 Å². The molecule has 0 spiro atoms. The molecular formula is C74H141NO10. The number of carbonyl (C=O) groups is 1. The molecular weight excluding hydrogens is 1060 g/mol. The number of unbranched alkanes of at least 4 members (excludes halogenated alkanes) is 47. The van der Waals surface area contributed by atoms with Gasteiger partial charge < -0.3 is 50.5 Å². The summed E-state index contributed by atoms with van der Waals surface area (Å²) >= 11 is 0. The van der Waals surface area contributed by atoms with E-state index in [0.717, 1.165) is 44.9 Å². The summed E-state index contributed by atoms with van der Waals surface area (Å²) in [5.41, 5.74) is 0. The molecule has 9 atom stereocenters. The quantitative estimate of drug-likeness (QED) is 0.0215. The average molecular weight is 1200 g/mol. The van der Waals surface area contributed by atoms with Crippen molar-refractivity contribution in [2.45, 2.75) is 416 Å². The van der Waals surface area contributed by atoms with Crippen LogP contribution in [0.5, 0.6) is 0 Å².